The maximum atomic E-state index is 11.3. The monoisotopic (exact) mass is 192 g/mol. The first-order valence-corrected chi connectivity index (χ1v) is 4.33. The van der Waals surface area contributed by atoms with Crippen LogP contribution in [0.25, 0.3) is 0 Å². The Balaban J connectivity index is 2.75. The molecule has 0 aliphatic carbocycles. The van der Waals surface area contributed by atoms with Crippen LogP contribution in [0.5, 0.6) is 11.5 Å². The number of ether oxygens (including phenoxy) is 1. The van der Waals surface area contributed by atoms with Gasteiger partial charge in [0.25, 0.3) is 0 Å². The lowest BCUT2D eigenvalue weighted by Gasteiger charge is -2.05. The van der Waals surface area contributed by atoms with Gasteiger partial charge in [-0.2, -0.15) is 0 Å². The third-order valence-corrected chi connectivity index (χ3v) is 1.78. The molecule has 0 spiro atoms. The number of carbonyl (C=O) groups is 1. The molecule has 0 amide bonds. The van der Waals surface area contributed by atoms with Crippen LogP contribution in [0, 0.1) is 0 Å². The molecule has 3 heteroatoms. The second-order valence-electron chi connectivity index (χ2n) is 2.81. The average Bonchev–Trinajstić information content (AvgIpc) is 2.20. The maximum Gasteiger partial charge on any atom is 0.338 e. The minimum atomic E-state index is -0.506. The van der Waals surface area contributed by atoms with Crippen molar-refractivity contribution in [3.8, 4) is 11.5 Å². The molecule has 1 aromatic carbocycles. The zero-order chi connectivity index (χ0) is 10.6. The van der Waals surface area contributed by atoms with Gasteiger partial charge in [0, 0.05) is 5.57 Å². The van der Waals surface area contributed by atoms with Crippen LogP contribution in [0.4, 0.5) is 0 Å². The van der Waals surface area contributed by atoms with E-state index in [0.29, 0.717) is 12.0 Å². The van der Waals surface area contributed by atoms with Crippen molar-refractivity contribution < 1.29 is 14.6 Å². The molecule has 0 bridgehead atoms. The van der Waals surface area contributed by atoms with Crippen LogP contribution in [0.15, 0.2) is 36.4 Å². The Morgan fingerprint density at radius 3 is 2.71 bits per heavy atom. The number of benzene rings is 1. The molecule has 0 atom stereocenters. The third-order valence-electron chi connectivity index (χ3n) is 1.78. The molecule has 74 valence electrons. The Morgan fingerprint density at radius 1 is 1.50 bits per heavy atom. The van der Waals surface area contributed by atoms with Crippen molar-refractivity contribution in [2.45, 2.75) is 13.3 Å². The van der Waals surface area contributed by atoms with E-state index in [9.17, 15) is 9.90 Å². The number of para-hydroxylation sites is 2. The van der Waals surface area contributed by atoms with Crippen molar-refractivity contribution in [3.63, 3.8) is 0 Å². The van der Waals surface area contributed by atoms with E-state index in [1.165, 1.54) is 12.1 Å². The van der Waals surface area contributed by atoms with E-state index in [2.05, 4.69) is 6.58 Å². The standard InChI is InChI=1S/C11H12O3/c1-3-8(2)11(13)14-10-7-5-4-6-9(10)12/h4-7,12H,2-3H2,1H3. The topological polar surface area (TPSA) is 46.5 Å². The number of phenols is 1. The first-order valence-electron chi connectivity index (χ1n) is 4.33. The van der Waals surface area contributed by atoms with Gasteiger partial charge in [0.2, 0.25) is 0 Å². The molecule has 0 aromatic heterocycles. The van der Waals surface area contributed by atoms with E-state index in [4.69, 9.17) is 4.74 Å². The molecule has 1 rings (SSSR count). The SMILES string of the molecule is C=C(CC)C(=O)Oc1ccccc1O. The summed E-state index contributed by atoms with van der Waals surface area (Å²) in [5.74, 6) is -0.397. The van der Waals surface area contributed by atoms with Crippen LogP contribution in [0.2, 0.25) is 0 Å². The zero-order valence-corrected chi connectivity index (χ0v) is 7.99. The van der Waals surface area contributed by atoms with Gasteiger partial charge in [0.15, 0.2) is 11.5 Å². The smallest absolute Gasteiger partial charge is 0.338 e. The van der Waals surface area contributed by atoms with Crippen LogP contribution in [0.1, 0.15) is 13.3 Å². The van der Waals surface area contributed by atoms with Gasteiger partial charge < -0.3 is 9.84 Å². The molecule has 0 saturated carbocycles. The van der Waals surface area contributed by atoms with Crippen LogP contribution < -0.4 is 4.74 Å². The largest absolute Gasteiger partial charge is 0.504 e. The highest BCUT2D eigenvalue weighted by Crippen LogP contribution is 2.25. The van der Waals surface area contributed by atoms with Crippen molar-refractivity contribution in [2.75, 3.05) is 0 Å². The summed E-state index contributed by atoms with van der Waals surface area (Å²) in [7, 11) is 0. The van der Waals surface area contributed by atoms with Gasteiger partial charge in [-0.15, -0.1) is 0 Å². The molecule has 1 N–H and O–H groups in total. The predicted octanol–water partition coefficient (Wildman–Crippen LogP) is 2.26. The number of hydrogen-bond acceptors (Lipinski definition) is 3. The summed E-state index contributed by atoms with van der Waals surface area (Å²) in [4.78, 5) is 11.3. The summed E-state index contributed by atoms with van der Waals surface area (Å²) >= 11 is 0. The van der Waals surface area contributed by atoms with Gasteiger partial charge in [-0.1, -0.05) is 25.6 Å². The van der Waals surface area contributed by atoms with Crippen LogP contribution in [-0.4, -0.2) is 11.1 Å². The lowest BCUT2D eigenvalue weighted by molar-refractivity contribution is -0.130. The van der Waals surface area contributed by atoms with Gasteiger partial charge in [-0.05, 0) is 18.6 Å². The molecule has 0 unspecified atom stereocenters. The molecule has 14 heavy (non-hydrogen) atoms. The number of esters is 1. The first-order chi connectivity index (χ1) is 6.65. The molecule has 0 radical (unpaired) electrons. The van der Waals surface area contributed by atoms with Crippen molar-refractivity contribution in [2.24, 2.45) is 0 Å². The Labute approximate surface area is 82.6 Å². The lowest BCUT2D eigenvalue weighted by atomic mass is 10.2. The maximum absolute atomic E-state index is 11.3. The van der Waals surface area contributed by atoms with E-state index < -0.39 is 5.97 Å². The zero-order valence-electron chi connectivity index (χ0n) is 7.99. The van der Waals surface area contributed by atoms with Gasteiger partial charge in [0.05, 0.1) is 0 Å². The third kappa shape index (κ3) is 2.36. The number of aromatic hydroxyl groups is 1. The highest BCUT2D eigenvalue weighted by molar-refractivity contribution is 5.89. The van der Waals surface area contributed by atoms with Crippen molar-refractivity contribution in [3.05, 3.63) is 36.4 Å². The molecule has 0 heterocycles. The van der Waals surface area contributed by atoms with Gasteiger partial charge >= 0.3 is 5.97 Å². The fourth-order valence-electron chi connectivity index (χ4n) is 0.860. The van der Waals surface area contributed by atoms with Crippen molar-refractivity contribution in [1.82, 2.24) is 0 Å². The van der Waals surface area contributed by atoms with E-state index >= 15 is 0 Å². The van der Waals surface area contributed by atoms with E-state index in [1.807, 2.05) is 6.92 Å². The Morgan fingerprint density at radius 2 is 2.14 bits per heavy atom. The summed E-state index contributed by atoms with van der Waals surface area (Å²) in [5.41, 5.74) is 0.383. The summed E-state index contributed by atoms with van der Waals surface area (Å²) in [6.45, 7) is 5.36. The lowest BCUT2D eigenvalue weighted by Crippen LogP contribution is -2.09. The normalized spacial score (nSPS) is 9.50. The molecular formula is C11H12O3. The number of rotatable bonds is 3. The van der Waals surface area contributed by atoms with Crippen molar-refractivity contribution in [1.29, 1.82) is 0 Å². The molecule has 3 nitrogen and oxygen atoms in total. The number of hydrogen-bond donors (Lipinski definition) is 1. The predicted molar refractivity (Wildman–Crippen MR) is 53.2 cm³/mol. The van der Waals surface area contributed by atoms with Crippen LogP contribution in [0.3, 0.4) is 0 Å². The second kappa shape index (κ2) is 4.46. The molecule has 0 fully saturated rings. The second-order valence-corrected chi connectivity index (χ2v) is 2.81. The minimum Gasteiger partial charge on any atom is -0.504 e. The Bertz CT molecular complexity index is 355. The quantitative estimate of drug-likeness (QED) is 0.454. The first kappa shape index (κ1) is 10.3. The molecule has 0 aliphatic heterocycles. The number of carbonyl (C=O) groups excluding carboxylic acids is 1. The number of phenolic OH excluding ortho intramolecular Hbond substituents is 1. The molecular weight excluding hydrogens is 180 g/mol. The Hall–Kier alpha value is -1.77. The van der Waals surface area contributed by atoms with Gasteiger partial charge in [-0.25, -0.2) is 4.79 Å². The van der Waals surface area contributed by atoms with Crippen LogP contribution in [-0.2, 0) is 4.79 Å². The van der Waals surface area contributed by atoms with E-state index in [1.54, 1.807) is 12.1 Å². The summed E-state index contributed by atoms with van der Waals surface area (Å²) in [6.07, 6.45) is 0.534. The summed E-state index contributed by atoms with van der Waals surface area (Å²) < 4.78 is 4.91. The van der Waals surface area contributed by atoms with Gasteiger partial charge in [0.1, 0.15) is 0 Å². The van der Waals surface area contributed by atoms with Crippen molar-refractivity contribution >= 4 is 5.97 Å². The average molecular weight is 192 g/mol. The Kier molecular flexibility index (Phi) is 3.29. The van der Waals surface area contributed by atoms with Crippen LogP contribution >= 0.6 is 0 Å². The molecule has 0 saturated heterocycles. The van der Waals surface area contributed by atoms with E-state index in [-0.39, 0.29) is 11.5 Å². The highest BCUT2D eigenvalue weighted by atomic mass is 16.5. The fourth-order valence-corrected chi connectivity index (χ4v) is 0.860. The summed E-state index contributed by atoms with van der Waals surface area (Å²) in [5, 5.41) is 9.31. The van der Waals surface area contributed by atoms with Gasteiger partial charge in [-0.3, -0.25) is 0 Å². The minimum absolute atomic E-state index is 0.0512. The highest BCUT2D eigenvalue weighted by Gasteiger charge is 2.09. The molecule has 0 aliphatic rings. The fraction of sp³-hybridized carbons (Fsp3) is 0.182. The van der Waals surface area contributed by atoms with E-state index in [0.717, 1.165) is 0 Å². The summed E-state index contributed by atoms with van der Waals surface area (Å²) in [6, 6.07) is 6.31. The molecule has 1 aromatic rings.